The Morgan fingerprint density at radius 3 is 2.60 bits per heavy atom. The minimum Gasteiger partial charge on any atom is -0.495 e. The highest BCUT2D eigenvalue weighted by molar-refractivity contribution is 6.06. The van der Waals surface area contributed by atoms with Crippen molar-refractivity contribution in [2.24, 2.45) is 0 Å². The standard InChI is InChI=1S/C35H41N5O2/c1-24-20-27(21-25(2)36-24)29-9-5-11-31-30(29)10-6-12-32(31)37-35(41)38(3)17-15-26-13-14-33(34(22-26)42-4)40-19-18-39-16-7-8-28(39)23-40/h5-6,9-14,20-22,28H,7-8,15-19,23H2,1-4H3,(H,37,41). The van der Waals surface area contributed by atoms with Gasteiger partial charge in [-0.1, -0.05) is 36.4 Å². The number of fused-ring (bicyclic) bond motifs is 2. The molecule has 3 aromatic carbocycles. The van der Waals surface area contributed by atoms with Gasteiger partial charge in [0.1, 0.15) is 5.75 Å². The number of amides is 2. The van der Waals surface area contributed by atoms with E-state index in [-0.39, 0.29) is 6.03 Å². The second-order valence-corrected chi connectivity index (χ2v) is 11.7. The van der Waals surface area contributed by atoms with Crippen LogP contribution in [0.5, 0.6) is 5.75 Å². The summed E-state index contributed by atoms with van der Waals surface area (Å²) in [5.74, 6) is 0.914. The predicted octanol–water partition coefficient (Wildman–Crippen LogP) is 6.52. The average molecular weight is 564 g/mol. The Bertz CT molecular complexity index is 1580. The van der Waals surface area contributed by atoms with Gasteiger partial charge in [-0.05, 0) is 92.1 Å². The predicted molar refractivity (Wildman–Crippen MR) is 172 cm³/mol. The van der Waals surface area contributed by atoms with Gasteiger partial charge in [0.05, 0.1) is 18.5 Å². The normalized spacial score (nSPS) is 16.9. The number of hydrogen-bond donors (Lipinski definition) is 1. The second kappa shape index (κ2) is 12.0. The van der Waals surface area contributed by atoms with Crippen molar-refractivity contribution in [1.29, 1.82) is 0 Å². The van der Waals surface area contributed by atoms with Crippen molar-refractivity contribution in [3.8, 4) is 16.9 Å². The molecule has 0 bridgehead atoms. The molecule has 42 heavy (non-hydrogen) atoms. The van der Waals surface area contributed by atoms with E-state index in [4.69, 9.17) is 4.74 Å². The summed E-state index contributed by atoms with van der Waals surface area (Å²) in [6.45, 7) is 9.09. The van der Waals surface area contributed by atoms with Gasteiger partial charge in [0.25, 0.3) is 0 Å². The molecule has 0 saturated carbocycles. The van der Waals surface area contributed by atoms with Gasteiger partial charge in [-0.25, -0.2) is 4.79 Å². The third-order valence-electron chi connectivity index (χ3n) is 8.81. The molecular weight excluding hydrogens is 522 g/mol. The van der Waals surface area contributed by atoms with E-state index in [0.29, 0.717) is 12.6 Å². The number of hydrogen-bond acceptors (Lipinski definition) is 5. The molecule has 7 nitrogen and oxygen atoms in total. The zero-order valence-corrected chi connectivity index (χ0v) is 25.2. The van der Waals surface area contributed by atoms with Gasteiger partial charge >= 0.3 is 6.03 Å². The number of urea groups is 1. The quantitative estimate of drug-likeness (QED) is 0.278. The molecular formula is C35H41N5O2. The third kappa shape index (κ3) is 5.79. The molecule has 0 aliphatic carbocycles. The molecule has 0 spiro atoms. The zero-order valence-electron chi connectivity index (χ0n) is 25.2. The monoisotopic (exact) mass is 563 g/mol. The molecule has 218 valence electrons. The van der Waals surface area contributed by atoms with Crippen LogP contribution in [0.3, 0.4) is 0 Å². The number of benzene rings is 3. The number of piperazine rings is 1. The Morgan fingerprint density at radius 2 is 1.79 bits per heavy atom. The van der Waals surface area contributed by atoms with Crippen molar-refractivity contribution in [3.63, 3.8) is 0 Å². The van der Waals surface area contributed by atoms with Crippen LogP contribution < -0.4 is 15.0 Å². The molecule has 2 fully saturated rings. The van der Waals surface area contributed by atoms with Gasteiger partial charge < -0.3 is 19.9 Å². The van der Waals surface area contributed by atoms with Gasteiger partial charge in [0.15, 0.2) is 0 Å². The number of aryl methyl sites for hydroxylation is 2. The van der Waals surface area contributed by atoms with Crippen LogP contribution >= 0.6 is 0 Å². The number of pyridine rings is 1. The van der Waals surface area contributed by atoms with Gasteiger partial charge in [0, 0.05) is 56.0 Å². The molecule has 2 aliphatic rings. The van der Waals surface area contributed by atoms with Crippen LogP contribution in [-0.4, -0.2) is 73.7 Å². The Morgan fingerprint density at radius 1 is 1.00 bits per heavy atom. The Hall–Kier alpha value is -4.10. The summed E-state index contributed by atoms with van der Waals surface area (Å²) in [5, 5.41) is 5.27. The molecule has 0 radical (unpaired) electrons. The molecule has 7 heteroatoms. The van der Waals surface area contributed by atoms with E-state index in [9.17, 15) is 4.79 Å². The first-order chi connectivity index (χ1) is 20.4. The third-order valence-corrected chi connectivity index (χ3v) is 8.81. The van der Waals surface area contributed by atoms with Crippen molar-refractivity contribution in [3.05, 3.63) is 83.7 Å². The molecule has 2 aliphatic heterocycles. The SMILES string of the molecule is COc1cc(CCN(C)C(=O)Nc2cccc3c(-c4cc(C)nc(C)c4)cccc23)ccc1N1CCN2CCCC2C1. The number of nitrogens with one attached hydrogen (secondary N) is 1. The van der Waals surface area contributed by atoms with E-state index in [1.165, 1.54) is 25.1 Å². The first-order valence-corrected chi connectivity index (χ1v) is 15.0. The summed E-state index contributed by atoms with van der Waals surface area (Å²) in [6, 6.07) is 23.6. The number of nitrogens with zero attached hydrogens (tertiary/aromatic N) is 4. The first-order valence-electron chi connectivity index (χ1n) is 15.0. The van der Waals surface area contributed by atoms with Gasteiger partial charge in [-0.3, -0.25) is 9.88 Å². The lowest BCUT2D eigenvalue weighted by atomic mass is 9.97. The highest BCUT2D eigenvalue weighted by Crippen LogP contribution is 2.34. The van der Waals surface area contributed by atoms with Crippen LogP contribution in [0.4, 0.5) is 16.2 Å². The summed E-state index contributed by atoms with van der Waals surface area (Å²) in [7, 11) is 3.60. The summed E-state index contributed by atoms with van der Waals surface area (Å²) in [5.41, 5.74) is 7.39. The van der Waals surface area contributed by atoms with Crippen molar-refractivity contribution >= 4 is 28.2 Å². The lowest BCUT2D eigenvalue weighted by Crippen LogP contribution is -2.50. The van der Waals surface area contributed by atoms with Crippen molar-refractivity contribution in [1.82, 2.24) is 14.8 Å². The highest BCUT2D eigenvalue weighted by Gasteiger charge is 2.31. The summed E-state index contributed by atoms with van der Waals surface area (Å²) in [4.78, 5) is 24.6. The number of likely N-dealkylation sites (N-methyl/N-ethyl adjacent to an activating group) is 1. The molecule has 1 N–H and O–H groups in total. The van der Waals surface area contributed by atoms with Gasteiger partial charge in [-0.2, -0.15) is 0 Å². The Kier molecular flexibility index (Phi) is 8.02. The van der Waals surface area contributed by atoms with Gasteiger partial charge in [0.2, 0.25) is 0 Å². The lowest BCUT2D eigenvalue weighted by Gasteiger charge is -2.39. The van der Waals surface area contributed by atoms with Crippen LogP contribution in [0.25, 0.3) is 21.9 Å². The number of anilines is 2. The van der Waals surface area contributed by atoms with Crippen LogP contribution in [0.15, 0.2) is 66.7 Å². The highest BCUT2D eigenvalue weighted by atomic mass is 16.5. The molecule has 6 rings (SSSR count). The first kappa shape index (κ1) is 28.0. The van der Waals surface area contributed by atoms with Crippen LogP contribution in [0.2, 0.25) is 0 Å². The van der Waals surface area contributed by atoms with Crippen LogP contribution in [-0.2, 0) is 6.42 Å². The van der Waals surface area contributed by atoms with E-state index >= 15 is 0 Å². The fourth-order valence-corrected chi connectivity index (χ4v) is 6.62. The summed E-state index contributed by atoms with van der Waals surface area (Å²) < 4.78 is 5.83. The molecule has 1 atom stereocenters. The molecule has 2 saturated heterocycles. The van der Waals surface area contributed by atoms with E-state index in [2.05, 4.69) is 68.6 Å². The Balaban J connectivity index is 1.12. The number of methoxy groups -OCH3 is 1. The number of aromatic nitrogens is 1. The Labute approximate surface area is 249 Å². The molecule has 4 aromatic rings. The maximum atomic E-state index is 13.3. The largest absolute Gasteiger partial charge is 0.495 e. The average Bonchev–Trinajstić information content (AvgIpc) is 3.47. The zero-order chi connectivity index (χ0) is 29.2. The van der Waals surface area contributed by atoms with E-state index in [1.54, 1.807) is 12.0 Å². The van der Waals surface area contributed by atoms with E-state index < -0.39 is 0 Å². The van der Waals surface area contributed by atoms with Crippen molar-refractivity contribution < 1.29 is 9.53 Å². The number of carbonyl (C=O) groups excluding carboxylic acids is 1. The van der Waals surface area contributed by atoms with E-state index in [1.807, 2.05) is 39.1 Å². The fraction of sp³-hybridized carbons (Fsp3) is 0.371. The number of carbonyl (C=O) groups is 1. The molecule has 1 aromatic heterocycles. The minimum absolute atomic E-state index is 0.124. The van der Waals surface area contributed by atoms with Crippen molar-refractivity contribution in [2.75, 3.05) is 57.1 Å². The molecule has 1 unspecified atom stereocenters. The smallest absolute Gasteiger partial charge is 0.321 e. The maximum Gasteiger partial charge on any atom is 0.321 e. The summed E-state index contributed by atoms with van der Waals surface area (Å²) in [6.07, 6.45) is 3.34. The van der Waals surface area contributed by atoms with Crippen molar-refractivity contribution in [2.45, 2.75) is 39.2 Å². The summed E-state index contributed by atoms with van der Waals surface area (Å²) >= 11 is 0. The molecule has 2 amide bonds. The van der Waals surface area contributed by atoms with Crippen LogP contribution in [0.1, 0.15) is 29.8 Å². The van der Waals surface area contributed by atoms with Gasteiger partial charge in [-0.15, -0.1) is 0 Å². The maximum absolute atomic E-state index is 13.3. The fourth-order valence-electron chi connectivity index (χ4n) is 6.62. The molecule has 3 heterocycles. The second-order valence-electron chi connectivity index (χ2n) is 11.7. The minimum atomic E-state index is -0.124. The van der Waals surface area contributed by atoms with E-state index in [0.717, 1.165) is 76.3 Å². The topological polar surface area (TPSA) is 60.9 Å². The number of rotatable bonds is 7. The van der Waals surface area contributed by atoms with Crippen LogP contribution in [0, 0.1) is 13.8 Å². The lowest BCUT2D eigenvalue weighted by molar-refractivity contribution is 0.223. The number of ether oxygens (including phenoxy) is 1.